The normalized spacial score (nSPS) is 12.9. The Labute approximate surface area is 213 Å². The fraction of sp³-hybridized carbons (Fsp3) is 0.333. The Bertz CT molecular complexity index is 1190. The average Bonchev–Trinajstić information content (AvgIpc) is 3.34. The van der Waals surface area contributed by atoms with Gasteiger partial charge in [0.05, 0.1) is 0 Å². The molecule has 1 atom stereocenters. The third-order valence-electron chi connectivity index (χ3n) is 6.37. The van der Waals surface area contributed by atoms with Crippen LogP contribution in [0.5, 0.6) is 11.5 Å². The molecule has 4 rings (SSSR count). The fourth-order valence-corrected chi connectivity index (χ4v) is 4.40. The highest BCUT2D eigenvalue weighted by Gasteiger charge is 2.31. The predicted octanol–water partition coefficient (Wildman–Crippen LogP) is 4.82. The summed E-state index contributed by atoms with van der Waals surface area (Å²) in [5, 5.41) is 3.04. The van der Waals surface area contributed by atoms with Crippen molar-refractivity contribution in [3.8, 4) is 11.5 Å². The van der Waals surface area contributed by atoms with E-state index >= 15 is 0 Å². The zero-order valence-electron chi connectivity index (χ0n) is 21.2. The maximum absolute atomic E-state index is 13.8. The molecule has 0 saturated heterocycles. The summed E-state index contributed by atoms with van der Waals surface area (Å²) in [6, 6.07) is 23.0. The van der Waals surface area contributed by atoms with Gasteiger partial charge in [-0.05, 0) is 61.6 Å². The topological polar surface area (TPSA) is 67.9 Å². The summed E-state index contributed by atoms with van der Waals surface area (Å²) in [6.45, 7) is 6.49. The van der Waals surface area contributed by atoms with Gasteiger partial charge in [0.1, 0.15) is 6.04 Å². The summed E-state index contributed by atoms with van der Waals surface area (Å²) in [7, 11) is 0. The van der Waals surface area contributed by atoms with Crippen LogP contribution >= 0.6 is 0 Å². The third-order valence-corrected chi connectivity index (χ3v) is 6.37. The summed E-state index contributed by atoms with van der Waals surface area (Å²) in [4.78, 5) is 29.0. The molecule has 3 aromatic rings. The lowest BCUT2D eigenvalue weighted by Crippen LogP contribution is -2.51. The highest BCUT2D eigenvalue weighted by Crippen LogP contribution is 2.33. The van der Waals surface area contributed by atoms with Crippen LogP contribution in [0.1, 0.15) is 42.5 Å². The number of aryl methyl sites for hydroxylation is 2. The lowest BCUT2D eigenvalue weighted by Gasteiger charge is -2.32. The van der Waals surface area contributed by atoms with Crippen molar-refractivity contribution in [1.29, 1.82) is 0 Å². The number of carbonyl (C=O) groups is 2. The van der Waals surface area contributed by atoms with E-state index in [1.54, 1.807) is 4.90 Å². The summed E-state index contributed by atoms with van der Waals surface area (Å²) in [6.07, 6.45) is 1.27. The molecule has 1 heterocycles. The number of carbonyl (C=O) groups excluding carboxylic acids is 2. The van der Waals surface area contributed by atoms with Crippen LogP contribution in [0.25, 0.3) is 0 Å². The van der Waals surface area contributed by atoms with Gasteiger partial charge in [0.2, 0.25) is 18.6 Å². The highest BCUT2D eigenvalue weighted by molar-refractivity contribution is 5.88. The number of hydrogen-bond donors (Lipinski definition) is 1. The molecule has 0 saturated carbocycles. The quantitative estimate of drug-likeness (QED) is 0.446. The van der Waals surface area contributed by atoms with Crippen molar-refractivity contribution in [2.45, 2.75) is 58.7 Å². The minimum Gasteiger partial charge on any atom is -0.454 e. The van der Waals surface area contributed by atoms with Crippen molar-refractivity contribution in [1.82, 2.24) is 10.2 Å². The summed E-state index contributed by atoms with van der Waals surface area (Å²) >= 11 is 0. The van der Waals surface area contributed by atoms with Crippen LogP contribution in [0.2, 0.25) is 0 Å². The molecule has 6 nitrogen and oxygen atoms in total. The molecular weight excluding hydrogens is 452 g/mol. The van der Waals surface area contributed by atoms with Crippen molar-refractivity contribution in [3.05, 3.63) is 95.1 Å². The molecule has 188 valence electrons. The first-order valence-corrected chi connectivity index (χ1v) is 12.5. The van der Waals surface area contributed by atoms with Gasteiger partial charge in [0.15, 0.2) is 11.5 Å². The molecule has 1 unspecified atom stereocenters. The Morgan fingerprint density at radius 1 is 0.917 bits per heavy atom. The van der Waals surface area contributed by atoms with Gasteiger partial charge in [-0.15, -0.1) is 0 Å². The molecule has 0 radical (unpaired) electrons. The van der Waals surface area contributed by atoms with E-state index in [-0.39, 0.29) is 31.1 Å². The van der Waals surface area contributed by atoms with Crippen molar-refractivity contribution in [3.63, 3.8) is 0 Å². The van der Waals surface area contributed by atoms with Crippen LogP contribution in [-0.4, -0.2) is 35.6 Å². The SMILES string of the molecule is Cc1ccccc1CN(C(=O)CCc1ccc2c(c1)OCO2)C(Cc1ccccc1)C(=O)NC(C)C. The lowest BCUT2D eigenvalue weighted by molar-refractivity contribution is -0.141. The molecule has 2 amide bonds. The Balaban J connectivity index is 1.60. The standard InChI is InChI=1S/C30H34N2O4/c1-21(2)31-30(34)26(17-23-10-5-4-6-11-23)32(19-25-12-8-7-9-22(25)3)29(33)16-14-24-13-15-27-28(18-24)36-20-35-27/h4-13,15,18,21,26H,14,16-17,19-20H2,1-3H3,(H,31,34). The largest absolute Gasteiger partial charge is 0.454 e. The number of hydrogen-bond acceptors (Lipinski definition) is 4. The minimum absolute atomic E-state index is 0.0279. The molecule has 36 heavy (non-hydrogen) atoms. The zero-order valence-corrected chi connectivity index (χ0v) is 21.2. The van der Waals surface area contributed by atoms with E-state index < -0.39 is 6.04 Å². The first-order chi connectivity index (χ1) is 17.4. The number of benzene rings is 3. The van der Waals surface area contributed by atoms with Gasteiger partial charge < -0.3 is 19.7 Å². The minimum atomic E-state index is -0.626. The van der Waals surface area contributed by atoms with E-state index in [1.807, 2.05) is 93.6 Å². The van der Waals surface area contributed by atoms with Gasteiger partial charge in [0.25, 0.3) is 0 Å². The van der Waals surface area contributed by atoms with Crippen LogP contribution in [0.4, 0.5) is 0 Å². The number of nitrogens with one attached hydrogen (secondary N) is 1. The number of rotatable bonds is 10. The maximum atomic E-state index is 13.8. The number of nitrogens with zero attached hydrogens (tertiary/aromatic N) is 1. The summed E-state index contributed by atoms with van der Waals surface area (Å²) in [5.41, 5.74) is 4.13. The van der Waals surface area contributed by atoms with E-state index in [0.717, 1.165) is 28.0 Å². The zero-order chi connectivity index (χ0) is 25.5. The average molecular weight is 487 g/mol. The second-order valence-electron chi connectivity index (χ2n) is 9.50. The second-order valence-corrected chi connectivity index (χ2v) is 9.50. The van der Waals surface area contributed by atoms with E-state index in [1.165, 1.54) is 0 Å². The van der Waals surface area contributed by atoms with Gasteiger partial charge in [-0.2, -0.15) is 0 Å². The Hall–Kier alpha value is -3.80. The van der Waals surface area contributed by atoms with Gasteiger partial charge in [-0.25, -0.2) is 0 Å². The molecule has 3 aromatic carbocycles. The summed E-state index contributed by atoms with van der Waals surface area (Å²) in [5.74, 6) is 1.23. The smallest absolute Gasteiger partial charge is 0.243 e. The van der Waals surface area contributed by atoms with Crippen LogP contribution in [0.15, 0.2) is 72.8 Å². The van der Waals surface area contributed by atoms with Crippen molar-refractivity contribution >= 4 is 11.8 Å². The van der Waals surface area contributed by atoms with Gasteiger partial charge in [0, 0.05) is 25.4 Å². The first kappa shape index (κ1) is 25.3. The van der Waals surface area contributed by atoms with Gasteiger partial charge in [-0.3, -0.25) is 9.59 Å². The molecule has 0 aliphatic carbocycles. The van der Waals surface area contributed by atoms with Gasteiger partial charge in [-0.1, -0.05) is 60.7 Å². The molecule has 0 bridgehead atoms. The van der Waals surface area contributed by atoms with Gasteiger partial charge >= 0.3 is 0 Å². The number of amides is 2. The fourth-order valence-electron chi connectivity index (χ4n) is 4.40. The summed E-state index contributed by atoms with van der Waals surface area (Å²) < 4.78 is 10.9. The van der Waals surface area contributed by atoms with Crippen molar-refractivity contribution in [2.75, 3.05) is 6.79 Å². The second kappa shape index (κ2) is 11.8. The number of fused-ring (bicyclic) bond motifs is 1. The molecule has 0 spiro atoms. The molecular formula is C30H34N2O4. The van der Waals surface area contributed by atoms with E-state index in [4.69, 9.17) is 9.47 Å². The number of ether oxygens (including phenoxy) is 2. The van der Waals surface area contributed by atoms with Crippen LogP contribution < -0.4 is 14.8 Å². The van der Waals surface area contributed by atoms with E-state index in [2.05, 4.69) is 5.32 Å². The third kappa shape index (κ3) is 6.45. The monoisotopic (exact) mass is 486 g/mol. The molecule has 1 aliphatic heterocycles. The lowest BCUT2D eigenvalue weighted by atomic mass is 10.00. The Kier molecular flexibility index (Phi) is 8.26. The van der Waals surface area contributed by atoms with Crippen molar-refractivity contribution in [2.24, 2.45) is 0 Å². The van der Waals surface area contributed by atoms with E-state index in [0.29, 0.717) is 25.1 Å². The predicted molar refractivity (Wildman–Crippen MR) is 140 cm³/mol. The van der Waals surface area contributed by atoms with Crippen LogP contribution in [0, 0.1) is 6.92 Å². The highest BCUT2D eigenvalue weighted by atomic mass is 16.7. The molecule has 6 heteroatoms. The molecule has 0 fully saturated rings. The van der Waals surface area contributed by atoms with Crippen LogP contribution in [0.3, 0.4) is 0 Å². The molecule has 0 aromatic heterocycles. The molecule has 1 N–H and O–H groups in total. The van der Waals surface area contributed by atoms with Crippen molar-refractivity contribution < 1.29 is 19.1 Å². The van der Waals surface area contributed by atoms with E-state index in [9.17, 15) is 9.59 Å². The molecule has 1 aliphatic rings. The Morgan fingerprint density at radius 3 is 2.39 bits per heavy atom. The van der Waals surface area contributed by atoms with Crippen LogP contribution in [-0.2, 0) is 29.0 Å². The first-order valence-electron chi connectivity index (χ1n) is 12.5. The Morgan fingerprint density at radius 2 is 1.64 bits per heavy atom. The maximum Gasteiger partial charge on any atom is 0.243 e.